The molecule has 3 N–H and O–H groups in total. The summed E-state index contributed by atoms with van der Waals surface area (Å²) in [6.07, 6.45) is 3.80. The van der Waals surface area contributed by atoms with E-state index in [1.165, 1.54) is 19.3 Å². The second-order valence-corrected chi connectivity index (χ2v) is 8.13. The maximum atomic E-state index is 13.4. The third kappa shape index (κ3) is 5.53. The number of benzene rings is 2. The van der Waals surface area contributed by atoms with Crippen LogP contribution in [0.5, 0.6) is 11.5 Å². The SMILES string of the molecule is NCCNCc1cc2ccc(Oc3ccccc3)cc2n(CCN2CCCCC2)c1=O. The van der Waals surface area contributed by atoms with E-state index in [1.54, 1.807) is 0 Å². The average Bonchev–Trinajstić information content (AvgIpc) is 2.81. The highest BCUT2D eigenvalue weighted by Crippen LogP contribution is 2.25. The summed E-state index contributed by atoms with van der Waals surface area (Å²) in [5.41, 5.74) is 7.35. The largest absolute Gasteiger partial charge is 0.457 e. The first-order valence-electron chi connectivity index (χ1n) is 11.3. The molecular weight excluding hydrogens is 388 g/mol. The van der Waals surface area contributed by atoms with Crippen LogP contribution >= 0.6 is 0 Å². The molecule has 6 heteroatoms. The zero-order valence-corrected chi connectivity index (χ0v) is 18.1. The van der Waals surface area contributed by atoms with Crippen LogP contribution in [0.2, 0.25) is 0 Å². The van der Waals surface area contributed by atoms with Crippen LogP contribution in [0.1, 0.15) is 24.8 Å². The Labute approximate surface area is 183 Å². The van der Waals surface area contributed by atoms with Crippen molar-refractivity contribution in [3.63, 3.8) is 0 Å². The van der Waals surface area contributed by atoms with Gasteiger partial charge in [0.05, 0.1) is 5.52 Å². The van der Waals surface area contributed by atoms with Crippen LogP contribution in [0, 0.1) is 0 Å². The molecule has 2 heterocycles. The molecule has 3 aromatic rings. The van der Waals surface area contributed by atoms with E-state index in [0.29, 0.717) is 26.2 Å². The van der Waals surface area contributed by atoms with Crippen molar-refractivity contribution in [1.29, 1.82) is 0 Å². The number of pyridine rings is 1. The predicted octanol–water partition coefficient (Wildman–Crippen LogP) is 3.33. The smallest absolute Gasteiger partial charge is 0.255 e. The summed E-state index contributed by atoms with van der Waals surface area (Å²) < 4.78 is 7.95. The maximum absolute atomic E-state index is 13.4. The van der Waals surface area contributed by atoms with Crippen molar-refractivity contribution >= 4 is 10.9 Å². The van der Waals surface area contributed by atoms with Gasteiger partial charge in [0, 0.05) is 44.4 Å². The lowest BCUT2D eigenvalue weighted by Crippen LogP contribution is -2.36. The summed E-state index contributed by atoms with van der Waals surface area (Å²) in [7, 11) is 0. The summed E-state index contributed by atoms with van der Waals surface area (Å²) >= 11 is 0. The molecule has 1 aromatic heterocycles. The molecule has 164 valence electrons. The Morgan fingerprint density at radius 2 is 1.74 bits per heavy atom. The van der Waals surface area contributed by atoms with Gasteiger partial charge in [-0.25, -0.2) is 0 Å². The maximum Gasteiger partial charge on any atom is 0.255 e. The van der Waals surface area contributed by atoms with Gasteiger partial charge in [-0.15, -0.1) is 0 Å². The van der Waals surface area contributed by atoms with E-state index in [1.807, 2.05) is 59.2 Å². The molecule has 0 unspecified atom stereocenters. The van der Waals surface area contributed by atoms with E-state index in [9.17, 15) is 4.79 Å². The lowest BCUT2D eigenvalue weighted by atomic mass is 10.1. The monoisotopic (exact) mass is 420 g/mol. The summed E-state index contributed by atoms with van der Waals surface area (Å²) in [4.78, 5) is 15.8. The number of rotatable bonds is 9. The molecule has 0 saturated carbocycles. The van der Waals surface area contributed by atoms with E-state index in [-0.39, 0.29) is 5.56 Å². The molecule has 0 bridgehead atoms. The minimum Gasteiger partial charge on any atom is -0.457 e. The van der Waals surface area contributed by atoms with Crippen LogP contribution in [-0.4, -0.2) is 42.2 Å². The number of aromatic nitrogens is 1. The minimum absolute atomic E-state index is 0.0610. The summed E-state index contributed by atoms with van der Waals surface area (Å²) in [6.45, 7) is 5.57. The topological polar surface area (TPSA) is 72.5 Å². The van der Waals surface area contributed by atoms with Crippen molar-refractivity contribution < 1.29 is 4.74 Å². The molecule has 6 nitrogen and oxygen atoms in total. The predicted molar refractivity (Wildman–Crippen MR) is 126 cm³/mol. The normalized spacial score (nSPS) is 14.7. The van der Waals surface area contributed by atoms with Crippen LogP contribution in [0.25, 0.3) is 10.9 Å². The lowest BCUT2D eigenvalue weighted by Gasteiger charge is -2.27. The first-order chi connectivity index (χ1) is 15.2. The number of nitrogens with one attached hydrogen (secondary N) is 1. The second-order valence-electron chi connectivity index (χ2n) is 8.13. The van der Waals surface area contributed by atoms with Crippen LogP contribution < -0.4 is 21.3 Å². The molecule has 2 aromatic carbocycles. The van der Waals surface area contributed by atoms with Crippen LogP contribution in [0.4, 0.5) is 0 Å². The van der Waals surface area contributed by atoms with E-state index < -0.39 is 0 Å². The van der Waals surface area contributed by atoms with E-state index in [2.05, 4.69) is 10.2 Å². The number of para-hydroxylation sites is 1. The molecule has 0 radical (unpaired) electrons. The van der Waals surface area contributed by atoms with Crippen molar-refractivity contribution in [2.24, 2.45) is 5.73 Å². The van der Waals surface area contributed by atoms with Gasteiger partial charge in [-0.2, -0.15) is 0 Å². The van der Waals surface area contributed by atoms with Crippen LogP contribution in [-0.2, 0) is 13.1 Å². The van der Waals surface area contributed by atoms with E-state index in [4.69, 9.17) is 10.5 Å². The molecule has 0 amide bonds. The standard InChI is InChI=1S/C25H32N4O2/c26-11-12-27-19-21-17-20-9-10-23(31-22-7-3-1-4-8-22)18-24(20)29(25(21)30)16-15-28-13-5-2-6-14-28/h1,3-4,7-10,17-18,27H,2,5-6,11-16,19,26H2. The van der Waals surface area contributed by atoms with Crippen LogP contribution in [0.3, 0.4) is 0 Å². The van der Waals surface area contributed by atoms with Gasteiger partial charge in [0.15, 0.2) is 0 Å². The number of nitrogens with zero attached hydrogens (tertiary/aromatic N) is 2. The number of hydrogen-bond donors (Lipinski definition) is 2. The minimum atomic E-state index is 0.0610. The third-order valence-corrected chi connectivity index (χ3v) is 5.85. The van der Waals surface area contributed by atoms with Gasteiger partial charge in [-0.05, 0) is 61.6 Å². The second kappa shape index (κ2) is 10.6. The fraction of sp³-hybridized carbons (Fsp3) is 0.400. The zero-order chi connectivity index (χ0) is 21.5. The molecule has 1 saturated heterocycles. The highest BCUT2D eigenvalue weighted by molar-refractivity contribution is 5.81. The van der Waals surface area contributed by atoms with E-state index in [0.717, 1.165) is 47.6 Å². The first kappa shape index (κ1) is 21.6. The van der Waals surface area contributed by atoms with Gasteiger partial charge >= 0.3 is 0 Å². The molecule has 1 aliphatic heterocycles. The molecular formula is C25H32N4O2. The van der Waals surface area contributed by atoms with Crippen molar-refractivity contribution in [2.45, 2.75) is 32.4 Å². The highest BCUT2D eigenvalue weighted by atomic mass is 16.5. The van der Waals surface area contributed by atoms with Gasteiger partial charge in [-0.3, -0.25) is 4.79 Å². The summed E-state index contributed by atoms with van der Waals surface area (Å²) in [5, 5.41) is 4.30. The highest BCUT2D eigenvalue weighted by Gasteiger charge is 2.14. The Morgan fingerprint density at radius 3 is 2.52 bits per heavy atom. The van der Waals surface area contributed by atoms with Crippen molar-refractivity contribution in [1.82, 2.24) is 14.8 Å². The van der Waals surface area contributed by atoms with E-state index >= 15 is 0 Å². The quantitative estimate of drug-likeness (QED) is 0.520. The van der Waals surface area contributed by atoms with Crippen LogP contribution in [0.15, 0.2) is 59.4 Å². The molecule has 0 atom stereocenters. The lowest BCUT2D eigenvalue weighted by molar-refractivity contribution is 0.221. The Bertz CT molecular complexity index is 1040. The van der Waals surface area contributed by atoms with Gasteiger partial charge in [-0.1, -0.05) is 24.6 Å². The Morgan fingerprint density at radius 1 is 0.935 bits per heavy atom. The summed E-state index contributed by atoms with van der Waals surface area (Å²) in [5.74, 6) is 1.52. The molecule has 31 heavy (non-hydrogen) atoms. The molecule has 4 rings (SSSR count). The number of likely N-dealkylation sites (tertiary alicyclic amines) is 1. The van der Waals surface area contributed by atoms with Gasteiger partial charge in [0.1, 0.15) is 11.5 Å². The molecule has 0 spiro atoms. The van der Waals surface area contributed by atoms with Gasteiger partial charge in [0.25, 0.3) is 5.56 Å². The van der Waals surface area contributed by atoms with Crippen molar-refractivity contribution in [2.75, 3.05) is 32.7 Å². The fourth-order valence-corrected chi connectivity index (χ4v) is 4.20. The zero-order valence-electron chi connectivity index (χ0n) is 18.1. The third-order valence-electron chi connectivity index (χ3n) is 5.85. The molecule has 1 aliphatic rings. The Kier molecular flexibility index (Phi) is 7.35. The number of piperidine rings is 1. The molecule has 1 fully saturated rings. The number of fused-ring (bicyclic) bond motifs is 1. The van der Waals surface area contributed by atoms with Gasteiger partial charge in [0.2, 0.25) is 0 Å². The number of nitrogens with two attached hydrogens (primary N) is 1. The number of hydrogen-bond acceptors (Lipinski definition) is 5. The first-order valence-corrected chi connectivity index (χ1v) is 11.3. The number of ether oxygens (including phenoxy) is 1. The average molecular weight is 421 g/mol. The Balaban J connectivity index is 1.66. The fourth-order valence-electron chi connectivity index (χ4n) is 4.20. The molecule has 0 aliphatic carbocycles. The summed E-state index contributed by atoms with van der Waals surface area (Å²) in [6, 6.07) is 17.7. The van der Waals surface area contributed by atoms with Crippen molar-refractivity contribution in [3.8, 4) is 11.5 Å². The Hall–Kier alpha value is -2.67. The van der Waals surface area contributed by atoms with Crippen molar-refractivity contribution in [3.05, 3.63) is 70.5 Å². The van der Waals surface area contributed by atoms with Gasteiger partial charge < -0.3 is 25.3 Å².